The van der Waals surface area contributed by atoms with Gasteiger partial charge >= 0.3 is 0 Å². The van der Waals surface area contributed by atoms with E-state index < -0.39 is 0 Å². The van der Waals surface area contributed by atoms with Gasteiger partial charge in [0.25, 0.3) is 0 Å². The standard InChI is InChI=1S/C20H26FN5O.HI/c21-17-6-8-18(9-7-17)24-13-15-26(16-14-24)20(22)23-10-2-4-12-25-11-3-1-5-19(25)27;/h1,3,5-9,11H,2,4,10,12-16H2,(H2,22,23);1H. The van der Waals surface area contributed by atoms with Gasteiger partial charge in [-0.1, -0.05) is 6.07 Å². The number of rotatable bonds is 6. The van der Waals surface area contributed by atoms with Crippen molar-refractivity contribution in [2.75, 3.05) is 37.6 Å². The Morgan fingerprint density at radius 3 is 2.43 bits per heavy atom. The minimum atomic E-state index is -0.217. The Morgan fingerprint density at radius 1 is 1.04 bits per heavy atom. The number of aliphatic imine (C=N–C) groups is 1. The number of aryl methyl sites for hydroxylation is 1. The Balaban J connectivity index is 0.00000280. The van der Waals surface area contributed by atoms with E-state index in [0.29, 0.717) is 19.0 Å². The van der Waals surface area contributed by atoms with Crippen LogP contribution >= 0.6 is 24.0 Å². The first-order valence-electron chi connectivity index (χ1n) is 9.34. The number of piperazine rings is 1. The maximum absolute atomic E-state index is 13.0. The molecule has 1 fully saturated rings. The molecule has 0 bridgehead atoms. The van der Waals surface area contributed by atoms with Crippen molar-refractivity contribution >= 4 is 35.6 Å². The van der Waals surface area contributed by atoms with Crippen LogP contribution in [0.5, 0.6) is 0 Å². The molecule has 8 heteroatoms. The predicted molar refractivity (Wildman–Crippen MR) is 122 cm³/mol. The third-order valence-electron chi connectivity index (χ3n) is 4.78. The lowest BCUT2D eigenvalue weighted by Gasteiger charge is -2.36. The average Bonchev–Trinajstić information content (AvgIpc) is 2.69. The summed E-state index contributed by atoms with van der Waals surface area (Å²) in [7, 11) is 0. The number of unbranched alkanes of at least 4 members (excludes halogenated alkanes) is 1. The van der Waals surface area contributed by atoms with Crippen molar-refractivity contribution in [3.05, 3.63) is 64.8 Å². The quantitative estimate of drug-likeness (QED) is 0.287. The van der Waals surface area contributed by atoms with E-state index >= 15 is 0 Å². The number of anilines is 1. The molecule has 0 unspecified atom stereocenters. The molecule has 1 aliphatic rings. The van der Waals surface area contributed by atoms with Gasteiger partial charge in [-0.05, 0) is 43.2 Å². The van der Waals surface area contributed by atoms with Crippen LogP contribution in [-0.2, 0) is 6.54 Å². The molecule has 3 rings (SSSR count). The summed E-state index contributed by atoms with van der Waals surface area (Å²) in [5.74, 6) is 0.358. The molecule has 2 N–H and O–H groups in total. The van der Waals surface area contributed by atoms with Crippen molar-refractivity contribution in [1.82, 2.24) is 9.47 Å². The van der Waals surface area contributed by atoms with Gasteiger partial charge in [0, 0.05) is 57.2 Å². The van der Waals surface area contributed by atoms with Crippen LogP contribution in [0.1, 0.15) is 12.8 Å². The molecule has 2 aromatic rings. The fourth-order valence-corrected chi connectivity index (χ4v) is 3.18. The Labute approximate surface area is 181 Å². The van der Waals surface area contributed by atoms with Gasteiger partial charge in [-0.15, -0.1) is 24.0 Å². The third-order valence-corrected chi connectivity index (χ3v) is 4.78. The highest BCUT2D eigenvalue weighted by Gasteiger charge is 2.18. The number of pyridine rings is 1. The molecular weight excluding hydrogens is 472 g/mol. The van der Waals surface area contributed by atoms with Crippen LogP contribution in [0.2, 0.25) is 0 Å². The number of halogens is 2. The number of guanidine groups is 1. The molecule has 1 aliphatic heterocycles. The van der Waals surface area contributed by atoms with Crippen LogP contribution in [0.3, 0.4) is 0 Å². The largest absolute Gasteiger partial charge is 0.370 e. The van der Waals surface area contributed by atoms with E-state index in [1.807, 2.05) is 6.07 Å². The van der Waals surface area contributed by atoms with E-state index in [1.54, 1.807) is 35.0 Å². The van der Waals surface area contributed by atoms with Crippen LogP contribution in [0, 0.1) is 5.82 Å². The van der Waals surface area contributed by atoms with E-state index in [-0.39, 0.29) is 35.4 Å². The first-order chi connectivity index (χ1) is 13.1. The van der Waals surface area contributed by atoms with Crippen LogP contribution in [-0.4, -0.2) is 48.2 Å². The number of nitrogens with two attached hydrogens (primary N) is 1. The molecule has 0 saturated carbocycles. The van der Waals surface area contributed by atoms with Crippen molar-refractivity contribution in [2.24, 2.45) is 10.7 Å². The Kier molecular flexibility index (Phi) is 8.75. The predicted octanol–water partition coefficient (Wildman–Crippen LogP) is 2.52. The van der Waals surface area contributed by atoms with Gasteiger partial charge in [-0.2, -0.15) is 0 Å². The topological polar surface area (TPSA) is 66.9 Å². The van der Waals surface area contributed by atoms with Gasteiger partial charge in [0.05, 0.1) is 0 Å². The third kappa shape index (κ3) is 6.22. The SMILES string of the molecule is I.NC(=NCCCCn1ccccc1=O)N1CCN(c2ccc(F)cc2)CC1. The summed E-state index contributed by atoms with van der Waals surface area (Å²) in [5, 5.41) is 0. The molecule has 1 saturated heterocycles. The highest BCUT2D eigenvalue weighted by atomic mass is 127. The summed E-state index contributed by atoms with van der Waals surface area (Å²) in [6.45, 7) is 4.62. The molecule has 0 aliphatic carbocycles. The highest BCUT2D eigenvalue weighted by Crippen LogP contribution is 2.16. The fraction of sp³-hybridized carbons (Fsp3) is 0.400. The van der Waals surface area contributed by atoms with Crippen molar-refractivity contribution in [3.8, 4) is 0 Å². The minimum Gasteiger partial charge on any atom is -0.370 e. The molecule has 0 amide bonds. The van der Waals surface area contributed by atoms with Gasteiger partial charge < -0.3 is 20.1 Å². The Bertz CT molecular complexity index is 816. The van der Waals surface area contributed by atoms with Crippen LogP contribution in [0.4, 0.5) is 10.1 Å². The summed E-state index contributed by atoms with van der Waals surface area (Å²) in [4.78, 5) is 20.4. The molecule has 1 aromatic carbocycles. The summed E-state index contributed by atoms with van der Waals surface area (Å²) in [6, 6.07) is 11.8. The first-order valence-corrected chi connectivity index (χ1v) is 9.34. The van der Waals surface area contributed by atoms with Crippen LogP contribution < -0.4 is 16.2 Å². The number of hydrogen-bond donors (Lipinski definition) is 1. The molecule has 0 spiro atoms. The van der Waals surface area contributed by atoms with Gasteiger partial charge in [0.2, 0.25) is 5.56 Å². The monoisotopic (exact) mass is 499 g/mol. The Morgan fingerprint density at radius 2 is 1.75 bits per heavy atom. The van der Waals surface area contributed by atoms with Gasteiger partial charge in [0.15, 0.2) is 5.96 Å². The molecule has 6 nitrogen and oxygen atoms in total. The fourth-order valence-electron chi connectivity index (χ4n) is 3.18. The lowest BCUT2D eigenvalue weighted by Crippen LogP contribution is -2.51. The normalized spacial score (nSPS) is 14.7. The van der Waals surface area contributed by atoms with Crippen molar-refractivity contribution in [3.63, 3.8) is 0 Å². The maximum atomic E-state index is 13.0. The average molecular weight is 499 g/mol. The number of aromatic nitrogens is 1. The second-order valence-corrected chi connectivity index (χ2v) is 6.63. The maximum Gasteiger partial charge on any atom is 0.250 e. The van der Waals surface area contributed by atoms with Crippen molar-refractivity contribution < 1.29 is 4.39 Å². The highest BCUT2D eigenvalue weighted by molar-refractivity contribution is 14.0. The van der Waals surface area contributed by atoms with Gasteiger partial charge in [0.1, 0.15) is 5.82 Å². The second kappa shape index (κ2) is 11.0. The zero-order valence-electron chi connectivity index (χ0n) is 15.8. The van der Waals surface area contributed by atoms with Crippen LogP contribution in [0.25, 0.3) is 0 Å². The zero-order chi connectivity index (χ0) is 19.1. The van der Waals surface area contributed by atoms with E-state index in [9.17, 15) is 9.18 Å². The smallest absolute Gasteiger partial charge is 0.250 e. The summed E-state index contributed by atoms with van der Waals surface area (Å²) >= 11 is 0. The number of hydrogen-bond acceptors (Lipinski definition) is 3. The van der Waals surface area contributed by atoms with E-state index in [4.69, 9.17) is 5.73 Å². The second-order valence-electron chi connectivity index (χ2n) is 6.63. The van der Waals surface area contributed by atoms with Gasteiger partial charge in [-0.3, -0.25) is 9.79 Å². The summed E-state index contributed by atoms with van der Waals surface area (Å²) in [5.41, 5.74) is 7.18. The molecule has 1 aromatic heterocycles. The number of benzene rings is 1. The van der Waals surface area contributed by atoms with E-state index in [0.717, 1.165) is 44.7 Å². The molecule has 0 radical (unpaired) electrons. The van der Waals surface area contributed by atoms with Gasteiger partial charge in [-0.25, -0.2) is 4.39 Å². The molecule has 152 valence electrons. The van der Waals surface area contributed by atoms with Crippen molar-refractivity contribution in [1.29, 1.82) is 0 Å². The lowest BCUT2D eigenvalue weighted by molar-refractivity contribution is 0.380. The van der Waals surface area contributed by atoms with E-state index in [2.05, 4.69) is 14.8 Å². The molecule has 0 atom stereocenters. The summed E-state index contributed by atoms with van der Waals surface area (Å²) < 4.78 is 14.7. The Hall–Kier alpha value is -2.10. The summed E-state index contributed by atoms with van der Waals surface area (Å²) in [6.07, 6.45) is 3.58. The van der Waals surface area contributed by atoms with E-state index in [1.165, 1.54) is 12.1 Å². The molecule has 2 heterocycles. The minimum absolute atomic E-state index is 0. The van der Waals surface area contributed by atoms with Crippen LogP contribution in [0.15, 0.2) is 58.4 Å². The zero-order valence-corrected chi connectivity index (χ0v) is 18.2. The first kappa shape index (κ1) is 22.2. The number of nitrogens with zero attached hydrogens (tertiary/aromatic N) is 4. The lowest BCUT2D eigenvalue weighted by atomic mass is 10.2. The molecular formula is C20H27FIN5O. The molecule has 28 heavy (non-hydrogen) atoms. The van der Waals surface area contributed by atoms with Crippen molar-refractivity contribution in [2.45, 2.75) is 19.4 Å².